The van der Waals surface area contributed by atoms with E-state index in [9.17, 15) is 4.79 Å². The molecule has 3 rings (SSSR count). The molecule has 25 heavy (non-hydrogen) atoms. The van der Waals surface area contributed by atoms with E-state index >= 15 is 0 Å². The summed E-state index contributed by atoms with van der Waals surface area (Å²) in [5.41, 5.74) is 2.17. The van der Waals surface area contributed by atoms with Gasteiger partial charge in [0.2, 0.25) is 0 Å². The molecule has 5 nitrogen and oxygen atoms in total. The third-order valence-electron chi connectivity index (χ3n) is 4.37. The first-order valence-corrected chi connectivity index (χ1v) is 8.51. The zero-order valence-electron chi connectivity index (χ0n) is 14.4. The smallest absolute Gasteiger partial charge is 0.304 e. The predicted molar refractivity (Wildman–Crippen MR) is 95.1 cm³/mol. The lowest BCUT2D eigenvalue weighted by molar-refractivity contribution is -0.137. The molecule has 132 valence electrons. The molecule has 1 N–H and O–H groups in total. The molecule has 1 atom stereocenters. The average Bonchev–Trinajstić information content (AvgIpc) is 2.63. The maximum absolute atomic E-state index is 10.7. The summed E-state index contributed by atoms with van der Waals surface area (Å²) >= 11 is 0. The topological polar surface area (TPSA) is 59.0 Å². The molecular weight excluding hydrogens is 318 g/mol. The van der Waals surface area contributed by atoms with Gasteiger partial charge in [0.25, 0.3) is 0 Å². The highest BCUT2D eigenvalue weighted by atomic mass is 16.5. The monoisotopic (exact) mass is 341 g/mol. The van der Waals surface area contributed by atoms with Gasteiger partial charge in [0, 0.05) is 19.6 Å². The van der Waals surface area contributed by atoms with Crippen LogP contribution < -0.4 is 4.74 Å². The van der Waals surface area contributed by atoms with Gasteiger partial charge >= 0.3 is 5.97 Å². The number of ether oxygens (including phenoxy) is 2. The number of para-hydroxylation sites is 1. The molecule has 1 saturated heterocycles. The lowest BCUT2D eigenvalue weighted by Gasteiger charge is -2.32. The van der Waals surface area contributed by atoms with E-state index < -0.39 is 5.97 Å². The number of hydrogen-bond donors (Lipinski definition) is 1. The van der Waals surface area contributed by atoms with Gasteiger partial charge in [-0.25, -0.2) is 0 Å². The standard InChI is InChI=1S/C20H23NO4/c1-15-4-2-3-5-18(15)25-17-8-6-16(7-9-17)19-14-21(12-13-24-19)11-10-20(22)23/h2-9,19H,10-14H2,1H3,(H,22,23). The molecule has 1 unspecified atom stereocenters. The number of carbonyl (C=O) groups is 1. The Labute approximate surface area is 147 Å². The fourth-order valence-corrected chi connectivity index (χ4v) is 2.91. The summed E-state index contributed by atoms with van der Waals surface area (Å²) in [6.45, 7) is 4.68. The zero-order valence-corrected chi connectivity index (χ0v) is 14.4. The SMILES string of the molecule is Cc1ccccc1Oc1ccc(C2CN(CCC(=O)O)CCO2)cc1. The summed E-state index contributed by atoms with van der Waals surface area (Å²) in [6.07, 6.45) is 0.130. The highest BCUT2D eigenvalue weighted by Crippen LogP contribution is 2.28. The van der Waals surface area contributed by atoms with Gasteiger partial charge in [0.15, 0.2) is 0 Å². The number of aryl methyl sites for hydroxylation is 1. The molecule has 1 aliphatic heterocycles. The van der Waals surface area contributed by atoms with Gasteiger partial charge in [0.05, 0.1) is 19.1 Å². The van der Waals surface area contributed by atoms with Gasteiger partial charge in [-0.3, -0.25) is 9.69 Å². The van der Waals surface area contributed by atoms with Crippen LogP contribution in [0.25, 0.3) is 0 Å². The second-order valence-electron chi connectivity index (χ2n) is 6.24. The Balaban J connectivity index is 1.61. The first-order valence-electron chi connectivity index (χ1n) is 8.51. The van der Waals surface area contributed by atoms with E-state index in [0.29, 0.717) is 19.7 Å². The molecule has 1 heterocycles. The normalized spacial score (nSPS) is 18.0. The van der Waals surface area contributed by atoms with Crippen LogP contribution in [0.5, 0.6) is 11.5 Å². The Hall–Kier alpha value is -2.37. The van der Waals surface area contributed by atoms with Crippen molar-refractivity contribution in [1.29, 1.82) is 0 Å². The van der Waals surface area contributed by atoms with Crippen molar-refractivity contribution in [3.8, 4) is 11.5 Å². The summed E-state index contributed by atoms with van der Waals surface area (Å²) in [7, 11) is 0. The van der Waals surface area contributed by atoms with Crippen molar-refractivity contribution in [2.24, 2.45) is 0 Å². The van der Waals surface area contributed by atoms with Crippen LogP contribution in [-0.4, -0.2) is 42.2 Å². The fraction of sp³-hybridized carbons (Fsp3) is 0.350. The Morgan fingerprint density at radius 3 is 2.72 bits per heavy atom. The van der Waals surface area contributed by atoms with Gasteiger partial charge in [-0.2, -0.15) is 0 Å². The summed E-state index contributed by atoms with van der Waals surface area (Å²) in [5, 5.41) is 8.83. The number of morpholine rings is 1. The molecule has 5 heteroatoms. The maximum atomic E-state index is 10.7. The molecule has 0 amide bonds. The lowest BCUT2D eigenvalue weighted by Crippen LogP contribution is -2.39. The van der Waals surface area contributed by atoms with Crippen LogP contribution in [-0.2, 0) is 9.53 Å². The van der Waals surface area contributed by atoms with Crippen molar-refractivity contribution in [3.63, 3.8) is 0 Å². The second kappa shape index (κ2) is 8.14. The molecule has 1 fully saturated rings. The molecule has 0 aromatic heterocycles. The number of aliphatic carboxylic acids is 1. The highest BCUT2D eigenvalue weighted by Gasteiger charge is 2.22. The number of hydrogen-bond acceptors (Lipinski definition) is 4. The highest BCUT2D eigenvalue weighted by molar-refractivity contribution is 5.66. The van der Waals surface area contributed by atoms with Crippen LogP contribution >= 0.6 is 0 Å². The van der Waals surface area contributed by atoms with Crippen molar-refractivity contribution >= 4 is 5.97 Å². The third-order valence-corrected chi connectivity index (χ3v) is 4.37. The summed E-state index contributed by atoms with van der Waals surface area (Å²) in [6, 6.07) is 15.8. The van der Waals surface area contributed by atoms with Gasteiger partial charge in [-0.1, -0.05) is 30.3 Å². The Bertz CT molecular complexity index is 714. The Morgan fingerprint density at radius 1 is 1.24 bits per heavy atom. The van der Waals surface area contributed by atoms with Crippen LogP contribution in [0.2, 0.25) is 0 Å². The van der Waals surface area contributed by atoms with Gasteiger partial charge < -0.3 is 14.6 Å². The molecule has 2 aromatic rings. The van der Waals surface area contributed by atoms with Crippen molar-refractivity contribution in [2.75, 3.05) is 26.2 Å². The van der Waals surface area contributed by atoms with Crippen molar-refractivity contribution in [3.05, 3.63) is 59.7 Å². The van der Waals surface area contributed by atoms with Crippen LogP contribution in [0.4, 0.5) is 0 Å². The van der Waals surface area contributed by atoms with E-state index in [4.69, 9.17) is 14.6 Å². The van der Waals surface area contributed by atoms with Crippen molar-refractivity contribution in [2.45, 2.75) is 19.4 Å². The number of benzene rings is 2. The van der Waals surface area contributed by atoms with Crippen molar-refractivity contribution in [1.82, 2.24) is 4.90 Å². The fourth-order valence-electron chi connectivity index (χ4n) is 2.91. The minimum atomic E-state index is -0.763. The maximum Gasteiger partial charge on any atom is 0.304 e. The minimum Gasteiger partial charge on any atom is -0.481 e. The first-order chi connectivity index (χ1) is 12.1. The largest absolute Gasteiger partial charge is 0.481 e. The third kappa shape index (κ3) is 4.81. The van der Waals surface area contributed by atoms with Gasteiger partial charge in [0.1, 0.15) is 11.5 Å². The molecule has 0 bridgehead atoms. The number of nitrogens with zero attached hydrogens (tertiary/aromatic N) is 1. The molecule has 0 saturated carbocycles. The van der Waals surface area contributed by atoms with Crippen LogP contribution in [0, 0.1) is 6.92 Å². The van der Waals surface area contributed by atoms with Gasteiger partial charge in [-0.15, -0.1) is 0 Å². The molecular formula is C20H23NO4. The number of rotatable bonds is 6. The average molecular weight is 341 g/mol. The van der Waals surface area contributed by atoms with Gasteiger partial charge in [-0.05, 0) is 36.2 Å². The molecule has 0 radical (unpaired) electrons. The lowest BCUT2D eigenvalue weighted by atomic mass is 10.1. The summed E-state index contributed by atoms with van der Waals surface area (Å²) in [4.78, 5) is 12.9. The zero-order chi connectivity index (χ0) is 17.6. The van der Waals surface area contributed by atoms with Crippen LogP contribution in [0.3, 0.4) is 0 Å². The predicted octanol–water partition coefficient (Wildman–Crippen LogP) is 3.64. The first kappa shape index (κ1) is 17.5. The minimum absolute atomic E-state index is 0.0324. The summed E-state index contributed by atoms with van der Waals surface area (Å²) < 4.78 is 11.8. The van der Waals surface area contributed by atoms with Crippen molar-refractivity contribution < 1.29 is 19.4 Å². The Kier molecular flexibility index (Phi) is 5.68. The van der Waals surface area contributed by atoms with E-state index in [1.807, 2.05) is 55.5 Å². The molecule has 0 aliphatic carbocycles. The number of carboxylic acid groups (broad SMARTS) is 1. The number of carboxylic acids is 1. The molecule has 2 aromatic carbocycles. The van der Waals surface area contributed by atoms with E-state index in [2.05, 4.69) is 4.90 Å². The summed E-state index contributed by atoms with van der Waals surface area (Å²) in [5.74, 6) is 0.876. The van der Waals surface area contributed by atoms with E-state index in [1.54, 1.807) is 0 Å². The van der Waals surface area contributed by atoms with Crippen LogP contribution in [0.15, 0.2) is 48.5 Å². The van der Waals surface area contributed by atoms with E-state index in [-0.39, 0.29) is 12.5 Å². The quantitative estimate of drug-likeness (QED) is 0.869. The Morgan fingerprint density at radius 2 is 2.00 bits per heavy atom. The van der Waals surface area contributed by atoms with E-state index in [1.165, 1.54) is 0 Å². The second-order valence-corrected chi connectivity index (χ2v) is 6.24. The molecule has 0 spiro atoms. The van der Waals surface area contributed by atoms with Crippen LogP contribution in [0.1, 0.15) is 23.7 Å². The molecule has 1 aliphatic rings. The van der Waals surface area contributed by atoms with E-state index in [0.717, 1.165) is 29.2 Å².